The van der Waals surface area contributed by atoms with Gasteiger partial charge in [0, 0.05) is 33.1 Å². The second kappa shape index (κ2) is 7.15. The number of nitrogens with zero attached hydrogens (tertiary/aromatic N) is 4. The minimum Gasteiger partial charge on any atom is -0.361 e. The molecule has 1 amide bonds. The Hall–Kier alpha value is -1.85. The van der Waals surface area contributed by atoms with E-state index in [-0.39, 0.29) is 11.8 Å². The molecule has 0 radical (unpaired) electrons. The Labute approximate surface area is 138 Å². The highest BCUT2D eigenvalue weighted by atomic mass is 16.1. The third-order valence-corrected chi connectivity index (χ3v) is 4.80. The van der Waals surface area contributed by atoms with Crippen LogP contribution in [0, 0.1) is 5.92 Å². The Kier molecular flexibility index (Phi) is 4.98. The number of anilines is 3. The summed E-state index contributed by atoms with van der Waals surface area (Å²) < 4.78 is 0. The number of hydrogen-bond acceptors (Lipinski definition) is 5. The second-order valence-electron chi connectivity index (χ2n) is 6.82. The summed E-state index contributed by atoms with van der Waals surface area (Å²) in [6.45, 7) is 2.03. The second-order valence-corrected chi connectivity index (χ2v) is 6.82. The molecule has 1 aromatic rings. The molecule has 126 valence electrons. The molecule has 1 saturated heterocycles. The van der Waals surface area contributed by atoms with Crippen LogP contribution in [0.2, 0.25) is 0 Å². The summed E-state index contributed by atoms with van der Waals surface area (Å²) in [6.07, 6.45) is 9.70. The number of aromatic nitrogens is 2. The minimum absolute atomic E-state index is 0.116. The van der Waals surface area contributed by atoms with Crippen LogP contribution in [0.25, 0.3) is 0 Å². The van der Waals surface area contributed by atoms with Gasteiger partial charge in [0.05, 0.1) is 6.20 Å². The maximum absolute atomic E-state index is 12.5. The van der Waals surface area contributed by atoms with Crippen molar-refractivity contribution in [3.05, 3.63) is 6.20 Å². The third kappa shape index (κ3) is 3.74. The van der Waals surface area contributed by atoms with Crippen molar-refractivity contribution in [3.63, 3.8) is 0 Å². The van der Waals surface area contributed by atoms with Gasteiger partial charge >= 0.3 is 0 Å². The first-order valence-electron chi connectivity index (χ1n) is 8.75. The summed E-state index contributed by atoms with van der Waals surface area (Å²) in [5, 5.41) is 3.06. The highest BCUT2D eigenvalue weighted by Gasteiger charge is 2.23. The van der Waals surface area contributed by atoms with Gasteiger partial charge in [0.25, 0.3) is 0 Å². The van der Waals surface area contributed by atoms with Crippen LogP contribution in [-0.4, -0.2) is 43.1 Å². The number of amides is 1. The van der Waals surface area contributed by atoms with Gasteiger partial charge in [-0.05, 0) is 25.7 Å². The van der Waals surface area contributed by atoms with Crippen LogP contribution in [0.1, 0.15) is 44.9 Å². The van der Waals surface area contributed by atoms with E-state index in [2.05, 4.69) is 20.2 Å². The Morgan fingerprint density at radius 3 is 2.52 bits per heavy atom. The van der Waals surface area contributed by atoms with Gasteiger partial charge in [0.15, 0.2) is 5.82 Å². The molecule has 6 heteroatoms. The highest BCUT2D eigenvalue weighted by Crippen LogP contribution is 2.28. The van der Waals surface area contributed by atoms with Crippen LogP contribution in [0.5, 0.6) is 0 Å². The molecule has 6 nitrogen and oxygen atoms in total. The van der Waals surface area contributed by atoms with Gasteiger partial charge in [-0.1, -0.05) is 19.3 Å². The number of carbonyl (C=O) groups is 1. The topological polar surface area (TPSA) is 61.4 Å². The molecule has 1 N–H and O–H groups in total. The van der Waals surface area contributed by atoms with Crippen molar-refractivity contribution >= 4 is 23.4 Å². The normalized spacial score (nSPS) is 19.0. The lowest BCUT2D eigenvalue weighted by atomic mass is 9.88. The summed E-state index contributed by atoms with van der Waals surface area (Å²) in [6, 6.07) is 0. The molecule has 1 aliphatic heterocycles. The fourth-order valence-electron chi connectivity index (χ4n) is 3.46. The summed E-state index contributed by atoms with van der Waals surface area (Å²) in [5.74, 6) is 1.80. The molecule has 2 heterocycles. The molecular formula is C17H27N5O. The first-order valence-corrected chi connectivity index (χ1v) is 8.75. The maximum Gasteiger partial charge on any atom is 0.227 e. The standard InChI is InChI=1S/C17H27N5O/c1-21(2)15-14(19-16(23)13-8-4-3-5-9-13)12-18-17(20-15)22-10-6-7-11-22/h12-13H,3-11H2,1-2H3,(H,19,23). The van der Waals surface area contributed by atoms with Crippen molar-refractivity contribution in [2.24, 2.45) is 5.92 Å². The zero-order chi connectivity index (χ0) is 16.2. The van der Waals surface area contributed by atoms with Gasteiger partial charge in [-0.25, -0.2) is 4.98 Å². The summed E-state index contributed by atoms with van der Waals surface area (Å²) in [5.41, 5.74) is 0.716. The van der Waals surface area contributed by atoms with Crippen molar-refractivity contribution in [3.8, 4) is 0 Å². The average Bonchev–Trinajstić information content (AvgIpc) is 3.10. The van der Waals surface area contributed by atoms with E-state index < -0.39 is 0 Å². The van der Waals surface area contributed by atoms with Gasteiger partial charge in [0.1, 0.15) is 5.69 Å². The molecule has 23 heavy (non-hydrogen) atoms. The van der Waals surface area contributed by atoms with Crippen molar-refractivity contribution < 1.29 is 4.79 Å². The quantitative estimate of drug-likeness (QED) is 0.925. The summed E-state index contributed by atoms with van der Waals surface area (Å²) in [7, 11) is 3.90. The smallest absolute Gasteiger partial charge is 0.227 e. The predicted octanol–water partition coefficient (Wildman–Crippen LogP) is 2.66. The zero-order valence-corrected chi connectivity index (χ0v) is 14.2. The van der Waals surface area contributed by atoms with Gasteiger partial charge < -0.3 is 15.1 Å². The monoisotopic (exact) mass is 317 g/mol. The van der Waals surface area contributed by atoms with Gasteiger partial charge in [-0.15, -0.1) is 0 Å². The van der Waals surface area contributed by atoms with Crippen molar-refractivity contribution in [1.29, 1.82) is 0 Å². The average molecular weight is 317 g/mol. The van der Waals surface area contributed by atoms with Gasteiger partial charge in [0.2, 0.25) is 11.9 Å². The SMILES string of the molecule is CN(C)c1nc(N2CCCC2)ncc1NC(=O)C1CCCCC1. The number of rotatable bonds is 4. The van der Waals surface area contributed by atoms with Crippen LogP contribution in [0.3, 0.4) is 0 Å². The van der Waals surface area contributed by atoms with Crippen LogP contribution < -0.4 is 15.1 Å². The van der Waals surface area contributed by atoms with Crippen LogP contribution in [0.15, 0.2) is 6.20 Å². The number of hydrogen-bond donors (Lipinski definition) is 1. The Morgan fingerprint density at radius 2 is 1.87 bits per heavy atom. The minimum atomic E-state index is 0.116. The largest absolute Gasteiger partial charge is 0.361 e. The van der Waals surface area contributed by atoms with Gasteiger partial charge in [-0.3, -0.25) is 4.79 Å². The Balaban J connectivity index is 1.76. The van der Waals surface area contributed by atoms with Gasteiger partial charge in [-0.2, -0.15) is 4.98 Å². The van der Waals surface area contributed by atoms with E-state index in [0.717, 1.165) is 50.5 Å². The molecule has 2 fully saturated rings. The Bertz CT molecular complexity index is 548. The summed E-state index contributed by atoms with van der Waals surface area (Å²) >= 11 is 0. The van der Waals surface area contributed by atoms with E-state index in [1.54, 1.807) is 6.20 Å². The highest BCUT2D eigenvalue weighted by molar-refractivity contribution is 5.95. The van der Waals surface area contributed by atoms with E-state index in [4.69, 9.17) is 0 Å². The zero-order valence-electron chi connectivity index (χ0n) is 14.2. The lowest BCUT2D eigenvalue weighted by Crippen LogP contribution is -2.27. The molecule has 1 saturated carbocycles. The molecule has 0 aromatic carbocycles. The van der Waals surface area contributed by atoms with Crippen LogP contribution in [-0.2, 0) is 4.79 Å². The van der Waals surface area contributed by atoms with E-state index in [0.29, 0.717) is 5.69 Å². The first kappa shape index (κ1) is 16.0. The lowest BCUT2D eigenvalue weighted by molar-refractivity contribution is -0.120. The Morgan fingerprint density at radius 1 is 1.17 bits per heavy atom. The number of nitrogens with one attached hydrogen (secondary N) is 1. The van der Waals surface area contributed by atoms with Crippen LogP contribution >= 0.6 is 0 Å². The predicted molar refractivity (Wildman–Crippen MR) is 93.0 cm³/mol. The van der Waals surface area contributed by atoms with Crippen molar-refractivity contribution in [2.75, 3.05) is 42.3 Å². The molecular weight excluding hydrogens is 290 g/mol. The molecule has 0 spiro atoms. The molecule has 1 aliphatic carbocycles. The molecule has 0 unspecified atom stereocenters. The van der Waals surface area contributed by atoms with E-state index >= 15 is 0 Å². The third-order valence-electron chi connectivity index (χ3n) is 4.80. The molecule has 2 aliphatic rings. The van der Waals surface area contributed by atoms with Crippen molar-refractivity contribution in [2.45, 2.75) is 44.9 Å². The maximum atomic E-state index is 12.5. The van der Waals surface area contributed by atoms with E-state index in [1.807, 2.05) is 19.0 Å². The van der Waals surface area contributed by atoms with Crippen molar-refractivity contribution in [1.82, 2.24) is 9.97 Å². The molecule has 1 aromatic heterocycles. The van der Waals surface area contributed by atoms with Crippen LogP contribution in [0.4, 0.5) is 17.5 Å². The van der Waals surface area contributed by atoms with E-state index in [9.17, 15) is 4.79 Å². The molecule has 3 rings (SSSR count). The molecule has 0 bridgehead atoms. The fraction of sp³-hybridized carbons (Fsp3) is 0.706. The fourth-order valence-corrected chi connectivity index (χ4v) is 3.46. The lowest BCUT2D eigenvalue weighted by Gasteiger charge is -2.23. The summed E-state index contributed by atoms with van der Waals surface area (Å²) in [4.78, 5) is 25.8. The van der Waals surface area contributed by atoms with E-state index in [1.165, 1.54) is 19.3 Å². The first-order chi connectivity index (χ1) is 11.1. The number of carbonyl (C=O) groups excluding carboxylic acids is 1. The molecule has 0 atom stereocenters.